The third-order valence-electron chi connectivity index (χ3n) is 4.32. The number of aryl methyl sites for hydroxylation is 1. The van der Waals surface area contributed by atoms with Crippen LogP contribution in [-0.4, -0.2) is 48.0 Å². The fraction of sp³-hybridized carbons (Fsp3) is 0.211. The second kappa shape index (κ2) is 8.90. The SMILES string of the molecule is C=CCN1C(=O)C(CC(=O)O)SC1=Nc1cc(-n2c(=O)ccn(C)c2=O)c(F)cc1Cl. The number of carbonyl (C=O) groups is 2. The number of benzene rings is 1. The normalized spacial score (nSPS) is 17.4. The number of amides is 1. The van der Waals surface area contributed by atoms with Crippen molar-refractivity contribution in [1.29, 1.82) is 0 Å². The molecule has 1 atom stereocenters. The standard InChI is InChI=1S/C19H16ClFN4O5S/c1-3-5-24-17(29)14(9-16(27)28)31-18(24)22-12-8-13(11(21)7-10(12)20)25-15(26)4-6-23(2)19(25)30/h3-4,6-8,14H,1,5,9H2,2H3,(H,27,28). The highest BCUT2D eigenvalue weighted by Gasteiger charge is 2.38. The van der Waals surface area contributed by atoms with Gasteiger partial charge in [-0.15, -0.1) is 6.58 Å². The Kier molecular flexibility index (Phi) is 6.46. The minimum Gasteiger partial charge on any atom is -0.481 e. The monoisotopic (exact) mass is 466 g/mol. The third kappa shape index (κ3) is 4.47. The van der Waals surface area contributed by atoms with Crippen LogP contribution in [0, 0.1) is 5.82 Å². The molecular formula is C19H16ClFN4O5S. The lowest BCUT2D eigenvalue weighted by Crippen LogP contribution is -2.37. The van der Waals surface area contributed by atoms with Crippen molar-refractivity contribution in [1.82, 2.24) is 14.0 Å². The molecule has 0 bridgehead atoms. The Balaban J connectivity index is 2.14. The first-order chi connectivity index (χ1) is 14.6. The predicted molar refractivity (Wildman–Crippen MR) is 115 cm³/mol. The summed E-state index contributed by atoms with van der Waals surface area (Å²) in [6.45, 7) is 3.65. The number of rotatable bonds is 6. The fourth-order valence-electron chi connectivity index (χ4n) is 2.86. The van der Waals surface area contributed by atoms with Gasteiger partial charge in [-0.25, -0.2) is 18.7 Å². The van der Waals surface area contributed by atoms with Gasteiger partial charge in [-0.05, 0) is 12.1 Å². The van der Waals surface area contributed by atoms with Gasteiger partial charge in [0, 0.05) is 25.9 Å². The average molecular weight is 467 g/mol. The molecule has 162 valence electrons. The Bertz CT molecular complexity index is 1240. The van der Waals surface area contributed by atoms with Crippen molar-refractivity contribution in [3.63, 3.8) is 0 Å². The van der Waals surface area contributed by atoms with Crippen LogP contribution in [0.2, 0.25) is 5.02 Å². The number of hydrogen-bond acceptors (Lipinski definition) is 6. The van der Waals surface area contributed by atoms with Gasteiger partial charge in [0.1, 0.15) is 11.1 Å². The van der Waals surface area contributed by atoms with E-state index in [-0.39, 0.29) is 28.1 Å². The van der Waals surface area contributed by atoms with Crippen LogP contribution in [0.25, 0.3) is 5.69 Å². The van der Waals surface area contributed by atoms with E-state index in [1.807, 2.05) is 0 Å². The van der Waals surface area contributed by atoms with Gasteiger partial charge in [0.05, 0.1) is 22.8 Å². The van der Waals surface area contributed by atoms with Crippen LogP contribution in [0.4, 0.5) is 10.1 Å². The molecule has 1 aliphatic rings. The third-order valence-corrected chi connectivity index (χ3v) is 5.80. The molecule has 1 saturated heterocycles. The van der Waals surface area contributed by atoms with Gasteiger partial charge >= 0.3 is 11.7 Å². The topological polar surface area (TPSA) is 114 Å². The van der Waals surface area contributed by atoms with Crippen molar-refractivity contribution in [2.24, 2.45) is 12.0 Å². The first-order valence-electron chi connectivity index (χ1n) is 8.81. The quantitative estimate of drug-likeness (QED) is 0.650. The first-order valence-corrected chi connectivity index (χ1v) is 10.1. The Labute approximate surface area is 184 Å². The molecule has 0 aliphatic carbocycles. The molecule has 1 aliphatic heterocycles. The van der Waals surface area contributed by atoms with Gasteiger partial charge in [0.25, 0.3) is 5.56 Å². The molecule has 2 heterocycles. The maximum absolute atomic E-state index is 14.6. The summed E-state index contributed by atoms with van der Waals surface area (Å²) in [7, 11) is 1.41. The fourth-order valence-corrected chi connectivity index (χ4v) is 4.20. The predicted octanol–water partition coefficient (Wildman–Crippen LogP) is 1.92. The number of carboxylic acid groups (broad SMARTS) is 1. The molecule has 12 heteroatoms. The maximum atomic E-state index is 14.6. The van der Waals surface area contributed by atoms with Crippen molar-refractivity contribution < 1.29 is 19.1 Å². The lowest BCUT2D eigenvalue weighted by Gasteiger charge is -2.14. The van der Waals surface area contributed by atoms with Crippen molar-refractivity contribution >= 4 is 46.1 Å². The smallest absolute Gasteiger partial charge is 0.335 e. The van der Waals surface area contributed by atoms with E-state index in [0.717, 1.165) is 34.5 Å². The zero-order valence-electron chi connectivity index (χ0n) is 16.1. The molecule has 0 radical (unpaired) electrons. The van der Waals surface area contributed by atoms with E-state index in [1.54, 1.807) is 0 Å². The second-order valence-electron chi connectivity index (χ2n) is 6.47. The molecule has 1 unspecified atom stereocenters. The molecule has 3 rings (SSSR count). The highest BCUT2D eigenvalue weighted by molar-refractivity contribution is 8.15. The number of thioether (sulfide) groups is 1. The van der Waals surface area contributed by atoms with Crippen molar-refractivity contribution in [2.45, 2.75) is 11.7 Å². The molecule has 1 fully saturated rings. The largest absolute Gasteiger partial charge is 0.481 e. The Morgan fingerprint density at radius 2 is 2.10 bits per heavy atom. The lowest BCUT2D eigenvalue weighted by atomic mass is 10.2. The van der Waals surface area contributed by atoms with Gasteiger partial charge < -0.3 is 9.67 Å². The van der Waals surface area contributed by atoms with E-state index in [2.05, 4.69) is 11.6 Å². The number of carbonyl (C=O) groups excluding carboxylic acids is 1. The summed E-state index contributed by atoms with van der Waals surface area (Å²) >= 11 is 7.04. The molecule has 31 heavy (non-hydrogen) atoms. The van der Waals surface area contributed by atoms with Crippen LogP contribution in [0.5, 0.6) is 0 Å². The van der Waals surface area contributed by atoms with Crippen molar-refractivity contribution in [3.8, 4) is 5.69 Å². The minimum atomic E-state index is -1.15. The summed E-state index contributed by atoms with van der Waals surface area (Å²) in [5.74, 6) is -2.52. The van der Waals surface area contributed by atoms with Gasteiger partial charge in [-0.3, -0.25) is 19.3 Å². The molecule has 1 N–H and O–H groups in total. The molecule has 1 aromatic heterocycles. The number of carboxylic acids is 1. The summed E-state index contributed by atoms with van der Waals surface area (Å²) in [6, 6.07) is 3.13. The van der Waals surface area contributed by atoms with Crippen molar-refractivity contribution in [3.05, 3.63) is 68.7 Å². The molecule has 0 spiro atoms. The van der Waals surface area contributed by atoms with Gasteiger partial charge in [-0.1, -0.05) is 29.4 Å². The molecular weight excluding hydrogens is 451 g/mol. The minimum absolute atomic E-state index is 0.00351. The van der Waals surface area contributed by atoms with Crippen LogP contribution in [-0.2, 0) is 16.6 Å². The van der Waals surface area contributed by atoms with Crippen LogP contribution in [0.3, 0.4) is 0 Å². The van der Waals surface area contributed by atoms with Crippen LogP contribution >= 0.6 is 23.4 Å². The molecule has 1 aromatic carbocycles. The highest BCUT2D eigenvalue weighted by Crippen LogP contribution is 2.35. The first kappa shape index (κ1) is 22.5. The number of halogens is 2. The highest BCUT2D eigenvalue weighted by atomic mass is 35.5. The van der Waals surface area contributed by atoms with Gasteiger partial charge in [-0.2, -0.15) is 0 Å². The second-order valence-corrected chi connectivity index (χ2v) is 8.05. The average Bonchev–Trinajstić information content (AvgIpc) is 2.97. The maximum Gasteiger partial charge on any atom is 0.335 e. The Morgan fingerprint density at radius 1 is 1.39 bits per heavy atom. The summed E-state index contributed by atoms with van der Waals surface area (Å²) < 4.78 is 16.3. The van der Waals surface area contributed by atoms with E-state index >= 15 is 0 Å². The summed E-state index contributed by atoms with van der Waals surface area (Å²) in [4.78, 5) is 53.7. The Hall–Kier alpha value is -3.18. The van der Waals surface area contributed by atoms with E-state index in [4.69, 9.17) is 16.7 Å². The van der Waals surface area contributed by atoms with E-state index in [9.17, 15) is 23.6 Å². The van der Waals surface area contributed by atoms with E-state index in [1.165, 1.54) is 24.2 Å². The van der Waals surface area contributed by atoms with Gasteiger partial charge in [0.15, 0.2) is 5.17 Å². The number of aromatic nitrogens is 2. The number of amidine groups is 1. The van der Waals surface area contributed by atoms with Crippen molar-refractivity contribution in [2.75, 3.05) is 6.54 Å². The number of nitrogens with zero attached hydrogens (tertiary/aromatic N) is 4. The van der Waals surface area contributed by atoms with E-state index < -0.39 is 40.6 Å². The lowest BCUT2D eigenvalue weighted by molar-refractivity contribution is -0.139. The van der Waals surface area contributed by atoms with Crippen LogP contribution in [0.15, 0.2) is 51.6 Å². The summed E-state index contributed by atoms with van der Waals surface area (Å²) in [5, 5.41) is 8.15. The molecule has 9 nitrogen and oxygen atoms in total. The summed E-state index contributed by atoms with van der Waals surface area (Å²) in [5.41, 5.74) is -1.88. The number of hydrogen-bond donors (Lipinski definition) is 1. The van der Waals surface area contributed by atoms with Gasteiger partial charge in [0.2, 0.25) is 5.91 Å². The molecule has 1 amide bonds. The number of aliphatic carboxylic acids is 1. The summed E-state index contributed by atoms with van der Waals surface area (Å²) in [6.07, 6.45) is 2.29. The van der Waals surface area contributed by atoms with Crippen LogP contribution < -0.4 is 11.2 Å². The Morgan fingerprint density at radius 3 is 2.74 bits per heavy atom. The zero-order chi connectivity index (χ0) is 22.9. The zero-order valence-corrected chi connectivity index (χ0v) is 17.7. The number of aliphatic imine (C=N–C) groups is 1. The molecule has 0 saturated carbocycles. The van der Waals surface area contributed by atoms with E-state index in [0.29, 0.717) is 4.57 Å². The van der Waals surface area contributed by atoms with Crippen LogP contribution in [0.1, 0.15) is 6.42 Å². The molecule has 2 aromatic rings.